The quantitative estimate of drug-likeness (QED) is 0.594. The summed E-state index contributed by atoms with van der Waals surface area (Å²) < 4.78 is 29.1. The Labute approximate surface area is 184 Å². The van der Waals surface area contributed by atoms with E-state index in [2.05, 4.69) is 10.1 Å². The molecule has 1 aliphatic rings. The second-order valence-electron chi connectivity index (χ2n) is 9.72. The molecule has 0 aromatic carbocycles. The Bertz CT molecular complexity index is 868. The molecule has 2 rings (SSSR count). The van der Waals surface area contributed by atoms with E-state index < -0.39 is 45.0 Å². The molecule has 2 atom stereocenters. The molecule has 0 saturated heterocycles. The molecule has 1 aliphatic carbocycles. The summed E-state index contributed by atoms with van der Waals surface area (Å²) in [7, 11) is -2.66. The van der Waals surface area contributed by atoms with Crippen LogP contribution >= 0.6 is 0 Å². The molecule has 10 heteroatoms. The molecule has 1 fully saturated rings. The number of hydrogen-bond donors (Lipinski definition) is 1. The maximum atomic E-state index is 12.4. The Hall–Kier alpha value is -1.97. The molecule has 31 heavy (non-hydrogen) atoms. The molecule has 1 amide bonds. The molecule has 9 nitrogen and oxygen atoms in total. The number of carboxylic acid groups (broad SMARTS) is 1. The Morgan fingerprint density at radius 1 is 1.23 bits per heavy atom. The van der Waals surface area contributed by atoms with Crippen molar-refractivity contribution in [2.45, 2.75) is 78.1 Å². The van der Waals surface area contributed by atoms with E-state index in [9.17, 15) is 23.1 Å². The van der Waals surface area contributed by atoms with Crippen LogP contribution in [0.3, 0.4) is 0 Å². The van der Waals surface area contributed by atoms with Crippen molar-refractivity contribution < 1.29 is 27.6 Å². The van der Waals surface area contributed by atoms with Crippen LogP contribution in [0.4, 0.5) is 0 Å². The monoisotopic (exact) mass is 457 g/mol. The first kappa shape index (κ1) is 25.3. The summed E-state index contributed by atoms with van der Waals surface area (Å²) in [5.74, 6) is -2.91. The van der Waals surface area contributed by atoms with E-state index in [1.165, 1.54) is 32.1 Å². The van der Waals surface area contributed by atoms with Gasteiger partial charge in [0.2, 0.25) is 15.9 Å². The van der Waals surface area contributed by atoms with Crippen LogP contribution in [0.5, 0.6) is 0 Å². The predicted molar refractivity (Wildman–Crippen MR) is 115 cm³/mol. The van der Waals surface area contributed by atoms with Crippen molar-refractivity contribution in [2.24, 2.45) is 17.3 Å². The van der Waals surface area contributed by atoms with Gasteiger partial charge in [-0.2, -0.15) is 4.98 Å². The van der Waals surface area contributed by atoms with E-state index in [-0.39, 0.29) is 5.89 Å². The summed E-state index contributed by atoms with van der Waals surface area (Å²) in [6.45, 7) is 5.54. The van der Waals surface area contributed by atoms with E-state index in [4.69, 9.17) is 4.52 Å². The van der Waals surface area contributed by atoms with Crippen LogP contribution in [0.2, 0.25) is 0 Å². The van der Waals surface area contributed by atoms with Gasteiger partial charge in [0, 0.05) is 7.05 Å². The SMILES string of the molecule is CN(C(=O)c1noc([C@H](CCCC2CCCCC2)C(C(=O)O)C(C)(C)C)n1)S(C)(=O)=O. The molecule has 1 N–H and O–H groups in total. The van der Waals surface area contributed by atoms with Gasteiger partial charge in [0.1, 0.15) is 0 Å². The van der Waals surface area contributed by atoms with Crippen LogP contribution < -0.4 is 0 Å². The highest BCUT2D eigenvalue weighted by Crippen LogP contribution is 2.41. The van der Waals surface area contributed by atoms with Gasteiger partial charge < -0.3 is 9.63 Å². The fourth-order valence-corrected chi connectivity index (χ4v) is 4.83. The number of carbonyl (C=O) groups is 2. The lowest BCUT2D eigenvalue weighted by molar-refractivity contribution is -0.147. The normalized spacial score (nSPS) is 17.8. The third-order valence-corrected chi connectivity index (χ3v) is 7.35. The standard InChI is InChI=1S/C21H35N3O6S/c1-21(2,3)16(20(26)27)15(13-9-12-14-10-7-6-8-11-14)18-22-17(23-30-18)19(25)24(4)31(5,28)29/h14-16H,6-13H2,1-5H3,(H,26,27)/t15-,16?/m1/s1. The van der Waals surface area contributed by atoms with E-state index in [1.54, 1.807) is 0 Å². The molecule has 1 saturated carbocycles. The van der Waals surface area contributed by atoms with Gasteiger partial charge in [0.05, 0.1) is 18.1 Å². The van der Waals surface area contributed by atoms with Gasteiger partial charge in [0.25, 0.3) is 5.82 Å². The Morgan fingerprint density at radius 2 is 1.84 bits per heavy atom. The third kappa shape index (κ3) is 6.75. The number of hydrogen-bond acceptors (Lipinski definition) is 7. The average molecular weight is 458 g/mol. The zero-order valence-electron chi connectivity index (χ0n) is 19.1. The molecule has 1 unspecified atom stereocenters. The van der Waals surface area contributed by atoms with Gasteiger partial charge in [-0.25, -0.2) is 12.7 Å². The maximum Gasteiger partial charge on any atom is 0.308 e. The Kier molecular flexibility index (Phi) is 8.24. The van der Waals surface area contributed by atoms with Crippen LogP contribution in [0, 0.1) is 17.3 Å². The van der Waals surface area contributed by atoms with Crippen LogP contribution in [-0.2, 0) is 14.8 Å². The number of aliphatic carboxylic acids is 1. The Morgan fingerprint density at radius 3 is 2.35 bits per heavy atom. The number of carboxylic acids is 1. The molecule has 1 heterocycles. The van der Waals surface area contributed by atoms with Crippen LogP contribution in [-0.4, -0.2) is 53.2 Å². The molecule has 0 spiro atoms. The van der Waals surface area contributed by atoms with Crippen LogP contribution in [0.1, 0.15) is 94.6 Å². The maximum absolute atomic E-state index is 12.4. The molecule has 0 aliphatic heterocycles. The summed E-state index contributed by atoms with van der Waals surface area (Å²) in [5, 5.41) is 13.6. The number of rotatable bonds is 9. The summed E-state index contributed by atoms with van der Waals surface area (Å²) in [6, 6.07) is 0. The first-order chi connectivity index (χ1) is 14.3. The number of nitrogens with zero attached hydrogens (tertiary/aromatic N) is 3. The third-order valence-electron chi connectivity index (χ3n) is 6.19. The van der Waals surface area contributed by atoms with Crippen molar-refractivity contribution in [3.8, 4) is 0 Å². The first-order valence-electron chi connectivity index (χ1n) is 10.9. The van der Waals surface area contributed by atoms with Gasteiger partial charge in [-0.15, -0.1) is 0 Å². The lowest BCUT2D eigenvalue weighted by atomic mass is 9.71. The zero-order valence-corrected chi connectivity index (χ0v) is 19.9. The smallest absolute Gasteiger partial charge is 0.308 e. The summed E-state index contributed by atoms with van der Waals surface area (Å²) in [5.41, 5.74) is -0.580. The average Bonchev–Trinajstić information content (AvgIpc) is 3.14. The number of sulfonamides is 1. The lowest BCUT2D eigenvalue weighted by Gasteiger charge is -2.32. The topological polar surface area (TPSA) is 131 Å². The minimum Gasteiger partial charge on any atom is -0.481 e. The van der Waals surface area contributed by atoms with E-state index in [1.807, 2.05) is 20.8 Å². The van der Waals surface area contributed by atoms with E-state index >= 15 is 0 Å². The second-order valence-corrected chi connectivity index (χ2v) is 11.7. The fraction of sp³-hybridized carbons (Fsp3) is 0.810. The van der Waals surface area contributed by atoms with Gasteiger partial charge >= 0.3 is 11.9 Å². The van der Waals surface area contributed by atoms with E-state index in [0.29, 0.717) is 16.6 Å². The first-order valence-corrected chi connectivity index (χ1v) is 12.7. The van der Waals surface area contributed by atoms with Crippen LogP contribution in [0.25, 0.3) is 0 Å². The molecule has 0 radical (unpaired) electrons. The van der Waals surface area contributed by atoms with Gasteiger partial charge in [0.15, 0.2) is 0 Å². The van der Waals surface area contributed by atoms with Crippen LogP contribution in [0.15, 0.2) is 4.52 Å². The summed E-state index contributed by atoms with van der Waals surface area (Å²) in [4.78, 5) is 28.7. The lowest BCUT2D eigenvalue weighted by Crippen LogP contribution is -2.34. The highest BCUT2D eigenvalue weighted by molar-refractivity contribution is 7.88. The molecular weight excluding hydrogens is 422 g/mol. The van der Waals surface area contributed by atoms with Gasteiger partial charge in [-0.1, -0.05) is 70.9 Å². The summed E-state index contributed by atoms with van der Waals surface area (Å²) in [6.07, 6.45) is 9.49. The van der Waals surface area contributed by atoms with Crippen molar-refractivity contribution in [1.29, 1.82) is 0 Å². The van der Waals surface area contributed by atoms with Crippen molar-refractivity contribution >= 4 is 21.9 Å². The van der Waals surface area contributed by atoms with Gasteiger partial charge in [-0.3, -0.25) is 9.59 Å². The minimum absolute atomic E-state index is 0.0659. The highest BCUT2D eigenvalue weighted by Gasteiger charge is 2.42. The van der Waals surface area contributed by atoms with Gasteiger partial charge in [-0.05, 0) is 17.8 Å². The molecule has 0 bridgehead atoms. The predicted octanol–water partition coefficient (Wildman–Crippen LogP) is 3.68. The second kappa shape index (κ2) is 10.1. The van der Waals surface area contributed by atoms with Crippen molar-refractivity contribution in [3.63, 3.8) is 0 Å². The summed E-state index contributed by atoms with van der Waals surface area (Å²) >= 11 is 0. The van der Waals surface area contributed by atoms with Crippen molar-refractivity contribution in [1.82, 2.24) is 14.4 Å². The van der Waals surface area contributed by atoms with Crippen molar-refractivity contribution in [2.75, 3.05) is 13.3 Å². The zero-order chi connectivity index (χ0) is 23.4. The number of aromatic nitrogens is 2. The minimum atomic E-state index is -3.77. The molecular formula is C21H35N3O6S. The van der Waals surface area contributed by atoms with Crippen molar-refractivity contribution in [3.05, 3.63) is 11.7 Å². The number of amides is 1. The Balaban J connectivity index is 2.26. The largest absolute Gasteiger partial charge is 0.481 e. The highest BCUT2D eigenvalue weighted by atomic mass is 32.2. The number of carbonyl (C=O) groups excluding carboxylic acids is 1. The molecule has 1 aromatic rings. The fourth-order valence-electron chi connectivity index (χ4n) is 4.45. The molecule has 1 aromatic heterocycles. The van der Waals surface area contributed by atoms with E-state index in [0.717, 1.165) is 26.1 Å². The molecule has 176 valence electrons.